The minimum absolute atomic E-state index is 0.283. The normalized spacial score (nSPS) is 16.0. The van der Waals surface area contributed by atoms with Crippen molar-refractivity contribution in [1.29, 1.82) is 0 Å². The zero-order chi connectivity index (χ0) is 22.9. The molecule has 33 heavy (non-hydrogen) atoms. The lowest BCUT2D eigenvalue weighted by molar-refractivity contribution is -0.110. The van der Waals surface area contributed by atoms with Gasteiger partial charge >= 0.3 is 0 Å². The van der Waals surface area contributed by atoms with Gasteiger partial charge in [-0.05, 0) is 54.4 Å². The van der Waals surface area contributed by atoms with Crippen LogP contribution < -0.4 is 20.1 Å². The molecule has 7 heteroatoms. The number of anilines is 2. The molecule has 0 saturated heterocycles. The second kappa shape index (κ2) is 8.50. The Hall–Kier alpha value is -4.00. The molecule has 0 atom stereocenters. The second-order valence-corrected chi connectivity index (χ2v) is 7.86. The van der Waals surface area contributed by atoms with Crippen LogP contribution in [0.3, 0.4) is 0 Å². The van der Waals surface area contributed by atoms with Crippen molar-refractivity contribution in [3.8, 4) is 11.5 Å². The van der Waals surface area contributed by atoms with Gasteiger partial charge in [0.25, 0.3) is 5.91 Å². The van der Waals surface area contributed by atoms with Crippen LogP contribution in [0.1, 0.15) is 22.3 Å². The van der Waals surface area contributed by atoms with Gasteiger partial charge in [-0.15, -0.1) is 0 Å². The van der Waals surface area contributed by atoms with E-state index in [-0.39, 0.29) is 5.91 Å². The minimum atomic E-state index is -0.393. The quantitative estimate of drug-likeness (QED) is 0.530. The highest BCUT2D eigenvalue weighted by Crippen LogP contribution is 2.42. The van der Waals surface area contributed by atoms with E-state index in [2.05, 4.69) is 10.6 Å². The lowest BCUT2D eigenvalue weighted by Gasteiger charge is -2.12. The van der Waals surface area contributed by atoms with Crippen LogP contribution >= 0.6 is 0 Å². The van der Waals surface area contributed by atoms with Crippen LogP contribution in [0.15, 0.2) is 54.6 Å². The van der Waals surface area contributed by atoms with E-state index in [1.165, 1.54) is 12.1 Å². The largest absolute Gasteiger partial charge is 0.497 e. The Balaban J connectivity index is 1.33. The van der Waals surface area contributed by atoms with E-state index in [0.717, 1.165) is 46.8 Å². The third-order valence-electron chi connectivity index (χ3n) is 5.89. The summed E-state index contributed by atoms with van der Waals surface area (Å²) in [7, 11) is 3.28. The third kappa shape index (κ3) is 3.86. The summed E-state index contributed by atoms with van der Waals surface area (Å²) in [6.45, 7) is 1.09. The Kier molecular flexibility index (Phi) is 5.38. The number of nitrogens with one attached hydrogen (secondary N) is 2. The van der Waals surface area contributed by atoms with Crippen LogP contribution in [0.25, 0.3) is 11.3 Å². The van der Waals surface area contributed by atoms with Crippen LogP contribution in [0.2, 0.25) is 0 Å². The average Bonchev–Trinajstić information content (AvgIpc) is 3.37. The molecular formula is C26H23FN2O4. The number of carbonyl (C=O) groups is 1. The number of halogens is 1. The molecular weight excluding hydrogens is 423 g/mol. The smallest absolute Gasteiger partial charge is 0.260 e. The summed E-state index contributed by atoms with van der Waals surface area (Å²) in [6, 6.07) is 16.0. The molecule has 2 aliphatic rings. The molecule has 0 saturated carbocycles. The van der Waals surface area contributed by atoms with Crippen LogP contribution in [-0.2, 0) is 22.6 Å². The van der Waals surface area contributed by atoms with E-state index in [9.17, 15) is 9.18 Å². The topological polar surface area (TPSA) is 68.8 Å². The average molecular weight is 446 g/mol. The van der Waals surface area contributed by atoms with Crippen molar-refractivity contribution < 1.29 is 23.4 Å². The van der Waals surface area contributed by atoms with Crippen molar-refractivity contribution >= 4 is 28.6 Å². The molecule has 0 bridgehead atoms. The van der Waals surface area contributed by atoms with Gasteiger partial charge in [-0.1, -0.05) is 6.07 Å². The molecule has 0 aromatic heterocycles. The summed E-state index contributed by atoms with van der Waals surface area (Å²) in [5, 5.41) is 6.16. The summed E-state index contributed by atoms with van der Waals surface area (Å²) in [5.41, 5.74) is 5.48. The molecule has 2 aliphatic heterocycles. The van der Waals surface area contributed by atoms with Crippen LogP contribution in [0, 0.1) is 5.82 Å². The number of hydrogen-bond donors (Lipinski definition) is 2. The number of ether oxygens (including phenoxy) is 3. The van der Waals surface area contributed by atoms with Crippen molar-refractivity contribution in [2.75, 3.05) is 31.4 Å². The van der Waals surface area contributed by atoms with E-state index in [1.54, 1.807) is 20.3 Å². The van der Waals surface area contributed by atoms with E-state index in [1.807, 2.05) is 36.4 Å². The molecule has 6 nitrogen and oxygen atoms in total. The van der Waals surface area contributed by atoms with Crippen LogP contribution in [-0.4, -0.2) is 26.7 Å². The van der Waals surface area contributed by atoms with Gasteiger partial charge in [0.2, 0.25) is 0 Å². The second-order valence-electron chi connectivity index (χ2n) is 7.86. The van der Waals surface area contributed by atoms with E-state index >= 15 is 0 Å². The van der Waals surface area contributed by atoms with Gasteiger partial charge in [0.15, 0.2) is 0 Å². The zero-order valence-electron chi connectivity index (χ0n) is 18.3. The molecule has 0 aliphatic carbocycles. The molecule has 5 rings (SSSR count). The molecule has 168 valence electrons. The predicted molar refractivity (Wildman–Crippen MR) is 125 cm³/mol. The highest BCUT2D eigenvalue weighted by Gasteiger charge is 2.32. The van der Waals surface area contributed by atoms with Crippen LogP contribution in [0.4, 0.5) is 15.8 Å². The first kappa shape index (κ1) is 20.9. The Bertz CT molecular complexity index is 1290. The van der Waals surface area contributed by atoms with E-state index in [0.29, 0.717) is 29.2 Å². The summed E-state index contributed by atoms with van der Waals surface area (Å²) < 4.78 is 30.2. The fraction of sp³-hybridized carbons (Fsp3) is 0.192. The molecule has 2 heterocycles. The first-order valence-electron chi connectivity index (χ1n) is 10.6. The lowest BCUT2D eigenvalue weighted by Crippen LogP contribution is -2.07. The first-order valence-corrected chi connectivity index (χ1v) is 10.6. The number of amides is 1. The molecule has 0 unspecified atom stereocenters. The number of benzene rings is 3. The highest BCUT2D eigenvalue weighted by molar-refractivity contribution is 6.36. The maximum atomic E-state index is 13.5. The van der Waals surface area contributed by atoms with Crippen molar-refractivity contribution in [2.24, 2.45) is 0 Å². The number of methoxy groups -OCH3 is 2. The zero-order valence-corrected chi connectivity index (χ0v) is 18.3. The summed E-state index contributed by atoms with van der Waals surface area (Å²) in [4.78, 5) is 12.6. The van der Waals surface area contributed by atoms with Gasteiger partial charge in [0, 0.05) is 35.0 Å². The van der Waals surface area contributed by atoms with E-state index < -0.39 is 5.82 Å². The van der Waals surface area contributed by atoms with Gasteiger partial charge in [-0.3, -0.25) is 4.79 Å². The van der Waals surface area contributed by atoms with Crippen molar-refractivity contribution in [3.63, 3.8) is 0 Å². The molecule has 0 fully saturated rings. The number of carbonyl (C=O) groups excluding carboxylic acids is 1. The number of hydrogen-bond acceptors (Lipinski definition) is 5. The van der Waals surface area contributed by atoms with Gasteiger partial charge in [0.1, 0.15) is 29.7 Å². The summed E-state index contributed by atoms with van der Waals surface area (Å²) in [6.07, 6.45) is 0.781. The standard InChI is InChI=1S/C26H23FN2O4/c1-31-19-6-3-15(23(13-19)32-2)9-10-28-18-5-8-20-16(11-18)14-33-25(20)24-21-7-4-17(27)12-22(21)29-26(24)30/h3-8,11-13,28H,9-10,14H2,1-2H3,(H,29,30). The fourth-order valence-electron chi connectivity index (χ4n) is 4.25. The maximum Gasteiger partial charge on any atom is 0.260 e. The lowest BCUT2D eigenvalue weighted by atomic mass is 10.00. The Morgan fingerprint density at radius 2 is 1.88 bits per heavy atom. The molecule has 3 aromatic carbocycles. The Labute approximate surface area is 191 Å². The minimum Gasteiger partial charge on any atom is -0.497 e. The van der Waals surface area contributed by atoms with E-state index in [4.69, 9.17) is 14.2 Å². The summed E-state index contributed by atoms with van der Waals surface area (Å²) in [5.74, 6) is 1.41. The van der Waals surface area contributed by atoms with Crippen molar-refractivity contribution in [3.05, 3.63) is 82.7 Å². The Morgan fingerprint density at radius 3 is 2.70 bits per heavy atom. The highest BCUT2D eigenvalue weighted by atomic mass is 19.1. The monoisotopic (exact) mass is 446 g/mol. The maximum absolute atomic E-state index is 13.5. The fourth-order valence-corrected chi connectivity index (χ4v) is 4.25. The first-order chi connectivity index (χ1) is 16.1. The van der Waals surface area contributed by atoms with Crippen molar-refractivity contribution in [1.82, 2.24) is 0 Å². The Morgan fingerprint density at radius 1 is 1.03 bits per heavy atom. The van der Waals surface area contributed by atoms with Gasteiger partial charge in [-0.25, -0.2) is 4.39 Å². The molecule has 1 amide bonds. The molecule has 0 spiro atoms. The molecule has 2 N–H and O–H groups in total. The van der Waals surface area contributed by atoms with Gasteiger partial charge in [-0.2, -0.15) is 0 Å². The summed E-state index contributed by atoms with van der Waals surface area (Å²) >= 11 is 0. The number of rotatable bonds is 6. The SMILES string of the molecule is COc1ccc(CCNc2ccc3c(c2)COC3=C2C(=O)Nc3cc(F)ccc32)c(OC)c1. The van der Waals surface area contributed by atoms with Gasteiger partial charge in [0.05, 0.1) is 25.5 Å². The van der Waals surface area contributed by atoms with Crippen LogP contribution in [0.5, 0.6) is 11.5 Å². The third-order valence-corrected chi connectivity index (χ3v) is 5.89. The number of fused-ring (bicyclic) bond motifs is 2. The predicted octanol–water partition coefficient (Wildman–Crippen LogP) is 4.85. The van der Waals surface area contributed by atoms with Gasteiger partial charge < -0.3 is 24.8 Å². The molecule has 3 aromatic rings. The van der Waals surface area contributed by atoms with Crippen molar-refractivity contribution in [2.45, 2.75) is 13.0 Å². The molecule has 0 radical (unpaired) electrons.